The maximum atomic E-state index is 12.2. The van der Waals surface area contributed by atoms with Crippen LogP contribution < -0.4 is 20.5 Å². The number of likely N-dealkylation sites (tertiary alicyclic amines) is 1. The molecule has 7 nitrogen and oxygen atoms in total. The lowest BCUT2D eigenvalue weighted by Gasteiger charge is -2.30. The maximum absolute atomic E-state index is 12.2. The highest BCUT2D eigenvalue weighted by molar-refractivity contribution is 5.78. The highest BCUT2D eigenvalue weighted by Crippen LogP contribution is 2.28. The number of ether oxygens (including phenoxy) is 2. The molecule has 0 bridgehead atoms. The van der Waals surface area contributed by atoms with Crippen LogP contribution in [0.2, 0.25) is 0 Å². The lowest BCUT2D eigenvalue weighted by molar-refractivity contribution is -0.123. The second kappa shape index (κ2) is 9.15. The van der Waals surface area contributed by atoms with Crippen LogP contribution in [-0.2, 0) is 11.2 Å². The van der Waals surface area contributed by atoms with E-state index in [0.29, 0.717) is 51.3 Å². The van der Waals surface area contributed by atoms with E-state index >= 15 is 0 Å². The number of nitrogens with one attached hydrogen (secondary N) is 1. The molecule has 3 amide bonds. The topological polar surface area (TPSA) is 93.9 Å². The standard InChI is InChI=1S/C18H27N3O4/c1-3-25-15-5-4-13(12-16(15)24-2)6-9-20-18(23)21-10-7-14(8-11-21)17(19)22/h4-5,12,14H,3,6-11H2,1-2H3,(H2,19,22)(H,20,23). The largest absolute Gasteiger partial charge is 0.493 e. The molecule has 1 heterocycles. The van der Waals surface area contributed by atoms with Crippen molar-refractivity contribution >= 4 is 11.9 Å². The Morgan fingerprint density at radius 3 is 2.60 bits per heavy atom. The molecule has 1 fully saturated rings. The highest BCUT2D eigenvalue weighted by Gasteiger charge is 2.25. The summed E-state index contributed by atoms with van der Waals surface area (Å²) in [5.41, 5.74) is 6.37. The first-order valence-corrected chi connectivity index (χ1v) is 8.67. The predicted octanol–water partition coefficient (Wildman–Crippen LogP) is 1.54. The van der Waals surface area contributed by atoms with E-state index in [1.54, 1.807) is 12.0 Å². The number of methoxy groups -OCH3 is 1. The molecule has 2 rings (SSSR count). The molecule has 3 N–H and O–H groups in total. The van der Waals surface area contributed by atoms with Gasteiger partial charge in [0.15, 0.2) is 11.5 Å². The molecule has 1 aliphatic heterocycles. The molecule has 0 spiro atoms. The first kappa shape index (κ1) is 18.9. The summed E-state index contributed by atoms with van der Waals surface area (Å²) in [5, 5.41) is 2.92. The van der Waals surface area contributed by atoms with Gasteiger partial charge in [0.1, 0.15) is 0 Å². The summed E-state index contributed by atoms with van der Waals surface area (Å²) < 4.78 is 10.8. The molecule has 1 saturated heterocycles. The van der Waals surface area contributed by atoms with Crippen LogP contribution in [0, 0.1) is 5.92 Å². The Balaban J connectivity index is 1.78. The summed E-state index contributed by atoms with van der Waals surface area (Å²) in [7, 11) is 1.61. The van der Waals surface area contributed by atoms with Crippen molar-refractivity contribution in [3.63, 3.8) is 0 Å². The van der Waals surface area contributed by atoms with E-state index in [9.17, 15) is 9.59 Å². The van der Waals surface area contributed by atoms with Gasteiger partial charge in [-0.25, -0.2) is 4.79 Å². The molecule has 0 saturated carbocycles. The molecular formula is C18H27N3O4. The number of nitrogens with two attached hydrogens (primary N) is 1. The Kier molecular flexibility index (Phi) is 6.91. The average molecular weight is 349 g/mol. The predicted molar refractivity (Wildman–Crippen MR) is 94.8 cm³/mol. The number of nitrogens with zero attached hydrogens (tertiary/aromatic N) is 1. The average Bonchev–Trinajstić information content (AvgIpc) is 2.63. The Bertz CT molecular complexity index is 598. The molecule has 1 aliphatic rings. The normalized spacial score (nSPS) is 14.9. The second-order valence-corrected chi connectivity index (χ2v) is 6.06. The number of urea groups is 1. The summed E-state index contributed by atoms with van der Waals surface area (Å²) in [5.74, 6) is 1.03. The van der Waals surface area contributed by atoms with Crippen LogP contribution in [-0.4, -0.2) is 50.2 Å². The first-order chi connectivity index (χ1) is 12.0. The van der Waals surface area contributed by atoms with E-state index in [1.807, 2.05) is 25.1 Å². The van der Waals surface area contributed by atoms with E-state index in [0.717, 1.165) is 11.3 Å². The third-order valence-corrected chi connectivity index (χ3v) is 4.40. The molecule has 0 radical (unpaired) electrons. The molecule has 7 heteroatoms. The zero-order valence-corrected chi connectivity index (χ0v) is 14.9. The van der Waals surface area contributed by atoms with Crippen molar-refractivity contribution < 1.29 is 19.1 Å². The van der Waals surface area contributed by atoms with Gasteiger partial charge in [-0.2, -0.15) is 0 Å². The van der Waals surface area contributed by atoms with Gasteiger partial charge >= 0.3 is 6.03 Å². The Hall–Kier alpha value is -2.44. The zero-order chi connectivity index (χ0) is 18.2. The SMILES string of the molecule is CCOc1ccc(CCNC(=O)N2CCC(C(N)=O)CC2)cc1OC. The van der Waals surface area contributed by atoms with Gasteiger partial charge < -0.3 is 25.4 Å². The van der Waals surface area contributed by atoms with Crippen LogP contribution in [0.15, 0.2) is 18.2 Å². The molecule has 1 aromatic carbocycles. The van der Waals surface area contributed by atoms with E-state index in [2.05, 4.69) is 5.32 Å². The lowest BCUT2D eigenvalue weighted by Crippen LogP contribution is -2.46. The number of rotatable bonds is 7. The number of piperidine rings is 1. The van der Waals surface area contributed by atoms with Gasteiger partial charge in [-0.05, 0) is 43.9 Å². The number of benzene rings is 1. The third kappa shape index (κ3) is 5.27. The summed E-state index contributed by atoms with van der Waals surface area (Å²) in [6.45, 7) is 4.17. The summed E-state index contributed by atoms with van der Waals surface area (Å²) in [6, 6.07) is 5.68. The number of amides is 3. The minimum absolute atomic E-state index is 0.0965. The zero-order valence-electron chi connectivity index (χ0n) is 14.9. The number of carbonyl (C=O) groups excluding carboxylic acids is 2. The fourth-order valence-corrected chi connectivity index (χ4v) is 2.93. The fourth-order valence-electron chi connectivity index (χ4n) is 2.93. The fraction of sp³-hybridized carbons (Fsp3) is 0.556. The van der Waals surface area contributed by atoms with Crippen molar-refractivity contribution in [3.05, 3.63) is 23.8 Å². The van der Waals surface area contributed by atoms with Crippen LogP contribution in [0.1, 0.15) is 25.3 Å². The minimum atomic E-state index is -0.274. The van der Waals surface area contributed by atoms with Crippen LogP contribution in [0.3, 0.4) is 0 Å². The molecular weight excluding hydrogens is 322 g/mol. The van der Waals surface area contributed by atoms with Gasteiger partial charge in [0.2, 0.25) is 5.91 Å². The van der Waals surface area contributed by atoms with Gasteiger partial charge in [-0.3, -0.25) is 4.79 Å². The van der Waals surface area contributed by atoms with Crippen LogP contribution >= 0.6 is 0 Å². The molecule has 0 atom stereocenters. The van der Waals surface area contributed by atoms with Gasteiger partial charge in [0, 0.05) is 25.6 Å². The van der Waals surface area contributed by atoms with Crippen LogP contribution in [0.5, 0.6) is 11.5 Å². The van der Waals surface area contributed by atoms with Crippen molar-refractivity contribution in [2.45, 2.75) is 26.2 Å². The molecule has 138 valence electrons. The van der Waals surface area contributed by atoms with E-state index < -0.39 is 0 Å². The van der Waals surface area contributed by atoms with Crippen molar-refractivity contribution in [2.24, 2.45) is 11.7 Å². The summed E-state index contributed by atoms with van der Waals surface area (Å²) in [6.07, 6.45) is 1.98. The van der Waals surface area contributed by atoms with Gasteiger partial charge in [-0.1, -0.05) is 6.07 Å². The second-order valence-electron chi connectivity index (χ2n) is 6.06. The molecule has 0 unspecified atom stereocenters. The van der Waals surface area contributed by atoms with Crippen LogP contribution in [0.4, 0.5) is 4.79 Å². The lowest BCUT2D eigenvalue weighted by atomic mass is 9.96. The summed E-state index contributed by atoms with van der Waals surface area (Å²) >= 11 is 0. The Morgan fingerprint density at radius 1 is 1.28 bits per heavy atom. The quantitative estimate of drug-likeness (QED) is 0.781. The Morgan fingerprint density at radius 2 is 2.00 bits per heavy atom. The summed E-state index contributed by atoms with van der Waals surface area (Å²) in [4.78, 5) is 25.1. The van der Waals surface area contributed by atoms with E-state index in [4.69, 9.17) is 15.2 Å². The molecule has 25 heavy (non-hydrogen) atoms. The number of hydrogen-bond acceptors (Lipinski definition) is 4. The van der Waals surface area contributed by atoms with Crippen LogP contribution in [0.25, 0.3) is 0 Å². The van der Waals surface area contributed by atoms with Crippen molar-refractivity contribution in [3.8, 4) is 11.5 Å². The highest BCUT2D eigenvalue weighted by atomic mass is 16.5. The van der Waals surface area contributed by atoms with E-state index in [1.165, 1.54) is 0 Å². The maximum Gasteiger partial charge on any atom is 0.317 e. The van der Waals surface area contributed by atoms with Crippen molar-refractivity contribution in [1.29, 1.82) is 0 Å². The van der Waals surface area contributed by atoms with Gasteiger partial charge in [0.05, 0.1) is 13.7 Å². The monoisotopic (exact) mass is 349 g/mol. The first-order valence-electron chi connectivity index (χ1n) is 8.67. The Labute approximate surface area is 148 Å². The number of hydrogen-bond donors (Lipinski definition) is 2. The van der Waals surface area contributed by atoms with E-state index in [-0.39, 0.29) is 17.9 Å². The number of primary amides is 1. The van der Waals surface area contributed by atoms with Crippen molar-refractivity contribution in [1.82, 2.24) is 10.2 Å². The number of carbonyl (C=O) groups is 2. The van der Waals surface area contributed by atoms with Crippen molar-refractivity contribution in [2.75, 3.05) is 33.4 Å². The molecule has 1 aromatic rings. The van der Waals surface area contributed by atoms with Gasteiger partial charge in [-0.15, -0.1) is 0 Å². The minimum Gasteiger partial charge on any atom is -0.493 e. The third-order valence-electron chi connectivity index (χ3n) is 4.40. The molecule has 0 aromatic heterocycles. The molecule has 0 aliphatic carbocycles. The smallest absolute Gasteiger partial charge is 0.317 e. The van der Waals surface area contributed by atoms with Gasteiger partial charge in [0.25, 0.3) is 0 Å².